The van der Waals surface area contributed by atoms with Gasteiger partial charge in [-0.15, -0.1) is 0 Å². The highest BCUT2D eigenvalue weighted by Crippen LogP contribution is 2.50. The Hall–Kier alpha value is -3.40. The van der Waals surface area contributed by atoms with Crippen LogP contribution in [0.25, 0.3) is 11.1 Å². The third-order valence-electron chi connectivity index (χ3n) is 5.91. The molecule has 3 aromatic rings. The van der Waals surface area contributed by atoms with Crippen molar-refractivity contribution in [2.24, 2.45) is 5.92 Å². The Bertz CT molecular complexity index is 1070. The number of nitro groups is 1. The van der Waals surface area contributed by atoms with Crippen molar-refractivity contribution < 1.29 is 4.92 Å². The normalized spacial score (nSPS) is 22.2. The van der Waals surface area contributed by atoms with Crippen LogP contribution in [0.4, 0.5) is 11.4 Å². The second-order valence-corrected chi connectivity index (χ2v) is 7.50. The molecule has 0 radical (unpaired) electrons. The molecular weight excluding hydrogens is 348 g/mol. The number of allylic oxidation sites excluding steroid dienone is 2. The average molecular weight is 368 g/mol. The lowest BCUT2D eigenvalue weighted by Gasteiger charge is -2.37. The predicted octanol–water partition coefficient (Wildman–Crippen LogP) is 6.09. The Kier molecular flexibility index (Phi) is 3.97. The SMILES string of the molecule is O=[N+]([O-])c1cccc([C@@H]2Nc3ccc(-c4ccccc4)cc3[C@@H]3C=CC[C@@H]32)c1. The zero-order chi connectivity index (χ0) is 19.1. The van der Waals surface area contributed by atoms with Crippen molar-refractivity contribution in [3.8, 4) is 11.1 Å². The predicted molar refractivity (Wildman–Crippen MR) is 111 cm³/mol. The van der Waals surface area contributed by atoms with E-state index in [0.29, 0.717) is 11.8 Å². The molecule has 0 aromatic heterocycles. The molecule has 5 rings (SSSR count). The zero-order valence-corrected chi connectivity index (χ0v) is 15.3. The molecule has 1 aliphatic carbocycles. The van der Waals surface area contributed by atoms with Gasteiger partial charge in [0.1, 0.15) is 0 Å². The Labute approximate surface area is 163 Å². The summed E-state index contributed by atoms with van der Waals surface area (Å²) in [5.41, 5.74) is 5.97. The van der Waals surface area contributed by atoms with Crippen LogP contribution in [0.5, 0.6) is 0 Å². The standard InChI is InChI=1S/C24H20N2O2/c27-26(28)19-9-4-8-18(14-19)24-21-11-5-10-20(21)22-15-17(12-13-23(22)25-24)16-6-2-1-3-7-16/h1-10,12-15,20-21,24-25H,11H2/t20-,21+,24+/m1/s1. The number of anilines is 1. The van der Waals surface area contributed by atoms with Gasteiger partial charge < -0.3 is 5.32 Å². The summed E-state index contributed by atoms with van der Waals surface area (Å²) in [6, 6.07) is 24.1. The molecule has 138 valence electrons. The highest BCUT2D eigenvalue weighted by molar-refractivity contribution is 5.71. The number of hydrogen-bond acceptors (Lipinski definition) is 3. The van der Waals surface area contributed by atoms with Crippen LogP contribution < -0.4 is 5.32 Å². The summed E-state index contributed by atoms with van der Waals surface area (Å²) in [6.45, 7) is 0. The molecular formula is C24H20N2O2. The van der Waals surface area contributed by atoms with E-state index in [1.807, 2.05) is 12.1 Å². The van der Waals surface area contributed by atoms with Crippen LogP contribution in [0, 0.1) is 16.0 Å². The molecule has 3 aromatic carbocycles. The fourth-order valence-corrected chi connectivity index (χ4v) is 4.57. The lowest BCUT2D eigenvalue weighted by molar-refractivity contribution is -0.384. The van der Waals surface area contributed by atoms with E-state index in [2.05, 4.69) is 59.9 Å². The number of nitrogens with one attached hydrogen (secondary N) is 1. The number of rotatable bonds is 3. The topological polar surface area (TPSA) is 55.2 Å². The van der Waals surface area contributed by atoms with Crippen LogP contribution in [0.1, 0.15) is 29.5 Å². The number of non-ortho nitro benzene ring substituents is 1. The summed E-state index contributed by atoms with van der Waals surface area (Å²) < 4.78 is 0. The van der Waals surface area contributed by atoms with Gasteiger partial charge in [-0.05, 0) is 46.7 Å². The minimum absolute atomic E-state index is 0.0648. The fraction of sp³-hybridized carbons (Fsp3) is 0.167. The summed E-state index contributed by atoms with van der Waals surface area (Å²) in [5.74, 6) is 0.685. The van der Waals surface area contributed by atoms with Gasteiger partial charge in [0.05, 0.1) is 11.0 Å². The van der Waals surface area contributed by atoms with E-state index in [9.17, 15) is 10.1 Å². The van der Waals surface area contributed by atoms with Crippen molar-refractivity contribution in [3.63, 3.8) is 0 Å². The summed E-state index contributed by atoms with van der Waals surface area (Å²) >= 11 is 0. The molecule has 3 atom stereocenters. The van der Waals surface area contributed by atoms with E-state index in [1.54, 1.807) is 18.2 Å². The lowest BCUT2D eigenvalue weighted by Crippen LogP contribution is -2.29. The minimum atomic E-state index is -0.323. The zero-order valence-electron chi connectivity index (χ0n) is 15.3. The van der Waals surface area contributed by atoms with Gasteiger partial charge in [-0.2, -0.15) is 0 Å². The van der Waals surface area contributed by atoms with Gasteiger partial charge in [-0.25, -0.2) is 0 Å². The molecule has 28 heavy (non-hydrogen) atoms. The molecule has 0 spiro atoms. The molecule has 0 bridgehead atoms. The molecule has 1 heterocycles. The van der Waals surface area contributed by atoms with Gasteiger partial charge >= 0.3 is 0 Å². The second-order valence-electron chi connectivity index (χ2n) is 7.50. The van der Waals surface area contributed by atoms with Crippen molar-refractivity contribution in [3.05, 3.63) is 106 Å². The average Bonchev–Trinajstić information content (AvgIpc) is 3.24. The quantitative estimate of drug-likeness (QED) is 0.346. The number of nitrogens with zero attached hydrogens (tertiary/aromatic N) is 1. The third-order valence-corrected chi connectivity index (χ3v) is 5.91. The maximum atomic E-state index is 11.2. The van der Waals surface area contributed by atoms with E-state index in [-0.39, 0.29) is 16.7 Å². The number of nitro benzene ring substituents is 1. The first-order chi connectivity index (χ1) is 13.7. The van der Waals surface area contributed by atoms with Crippen molar-refractivity contribution in [1.82, 2.24) is 0 Å². The van der Waals surface area contributed by atoms with Crippen molar-refractivity contribution in [1.29, 1.82) is 0 Å². The first-order valence-corrected chi connectivity index (χ1v) is 9.57. The summed E-state index contributed by atoms with van der Waals surface area (Å²) in [5, 5.41) is 14.9. The first-order valence-electron chi connectivity index (χ1n) is 9.57. The van der Waals surface area contributed by atoms with E-state index >= 15 is 0 Å². The van der Waals surface area contributed by atoms with Crippen LogP contribution in [0.3, 0.4) is 0 Å². The summed E-state index contributed by atoms with van der Waals surface area (Å²) in [6.07, 6.45) is 5.51. The minimum Gasteiger partial charge on any atom is -0.378 e. The van der Waals surface area contributed by atoms with Crippen LogP contribution in [0.2, 0.25) is 0 Å². The Morgan fingerprint density at radius 2 is 1.79 bits per heavy atom. The largest absolute Gasteiger partial charge is 0.378 e. The van der Waals surface area contributed by atoms with Crippen molar-refractivity contribution in [2.75, 3.05) is 5.32 Å². The lowest BCUT2D eigenvalue weighted by atomic mass is 9.76. The van der Waals surface area contributed by atoms with Gasteiger partial charge in [0.2, 0.25) is 0 Å². The molecule has 1 N–H and O–H groups in total. The van der Waals surface area contributed by atoms with E-state index in [1.165, 1.54) is 16.7 Å². The van der Waals surface area contributed by atoms with Gasteiger partial charge in [0.15, 0.2) is 0 Å². The van der Waals surface area contributed by atoms with Crippen LogP contribution in [0.15, 0.2) is 84.9 Å². The number of fused-ring (bicyclic) bond motifs is 3. The smallest absolute Gasteiger partial charge is 0.269 e. The van der Waals surface area contributed by atoms with Crippen LogP contribution >= 0.6 is 0 Å². The van der Waals surface area contributed by atoms with E-state index in [4.69, 9.17) is 0 Å². The number of benzene rings is 3. The molecule has 0 fully saturated rings. The van der Waals surface area contributed by atoms with Gasteiger partial charge in [-0.1, -0.05) is 60.7 Å². The van der Waals surface area contributed by atoms with Crippen LogP contribution in [-0.2, 0) is 0 Å². The Morgan fingerprint density at radius 1 is 0.929 bits per heavy atom. The molecule has 0 saturated carbocycles. The monoisotopic (exact) mass is 368 g/mol. The molecule has 4 nitrogen and oxygen atoms in total. The maximum absolute atomic E-state index is 11.2. The molecule has 1 aliphatic heterocycles. The Morgan fingerprint density at radius 3 is 2.61 bits per heavy atom. The molecule has 0 saturated heterocycles. The van der Waals surface area contributed by atoms with Gasteiger partial charge in [-0.3, -0.25) is 10.1 Å². The summed E-state index contributed by atoms with van der Waals surface area (Å²) in [4.78, 5) is 10.9. The second kappa shape index (κ2) is 6.64. The van der Waals surface area contributed by atoms with Crippen molar-refractivity contribution in [2.45, 2.75) is 18.4 Å². The highest BCUT2D eigenvalue weighted by atomic mass is 16.6. The van der Waals surface area contributed by atoms with Crippen molar-refractivity contribution >= 4 is 11.4 Å². The maximum Gasteiger partial charge on any atom is 0.269 e. The van der Waals surface area contributed by atoms with Crippen LogP contribution in [-0.4, -0.2) is 4.92 Å². The first kappa shape index (κ1) is 16.8. The molecule has 4 heteroatoms. The number of hydrogen-bond donors (Lipinski definition) is 1. The molecule has 2 aliphatic rings. The van der Waals surface area contributed by atoms with Gasteiger partial charge in [0, 0.05) is 23.7 Å². The highest BCUT2D eigenvalue weighted by Gasteiger charge is 2.38. The van der Waals surface area contributed by atoms with E-state index in [0.717, 1.165) is 17.7 Å². The molecule has 0 unspecified atom stereocenters. The third kappa shape index (κ3) is 2.78. The Balaban J connectivity index is 1.55. The van der Waals surface area contributed by atoms with E-state index < -0.39 is 0 Å². The molecule has 0 amide bonds. The summed E-state index contributed by atoms with van der Waals surface area (Å²) in [7, 11) is 0. The van der Waals surface area contributed by atoms with Gasteiger partial charge in [0.25, 0.3) is 5.69 Å². The fourth-order valence-electron chi connectivity index (χ4n) is 4.57.